The van der Waals surface area contributed by atoms with Crippen LogP contribution in [0.25, 0.3) is 0 Å². The molecule has 0 spiro atoms. The third kappa shape index (κ3) is 3.04. The van der Waals surface area contributed by atoms with Crippen molar-refractivity contribution in [1.29, 1.82) is 0 Å². The van der Waals surface area contributed by atoms with Crippen LogP contribution in [0.1, 0.15) is 11.1 Å². The van der Waals surface area contributed by atoms with Gasteiger partial charge in [-0.1, -0.05) is 29.8 Å². The van der Waals surface area contributed by atoms with E-state index < -0.39 is 0 Å². The molecule has 0 aliphatic carbocycles. The lowest BCUT2D eigenvalue weighted by Gasteiger charge is -2.06. The molecule has 0 fully saturated rings. The molecule has 2 heteroatoms. The lowest BCUT2D eigenvalue weighted by molar-refractivity contribution is 0.306. The lowest BCUT2D eigenvalue weighted by atomic mass is 10.1. The topological polar surface area (TPSA) is 9.23 Å². The molecule has 2 rings (SSSR count). The first-order valence-corrected chi connectivity index (χ1v) is 5.66. The van der Waals surface area contributed by atoms with Crippen LogP contribution in [0.4, 0.5) is 0 Å². The van der Waals surface area contributed by atoms with Crippen molar-refractivity contribution in [1.82, 2.24) is 0 Å². The van der Waals surface area contributed by atoms with Crippen LogP contribution in [0.15, 0.2) is 53.4 Å². The smallest absolute Gasteiger partial charge is 0.119 e. The van der Waals surface area contributed by atoms with Gasteiger partial charge in [0.05, 0.1) is 0 Å². The minimum absolute atomic E-state index is 0.605. The zero-order valence-electron chi connectivity index (χ0n) is 9.18. The third-order valence-corrected chi connectivity index (χ3v) is 2.62. The fraction of sp³-hybridized carbons (Fsp3) is 0.143. The van der Waals surface area contributed by atoms with Gasteiger partial charge in [0.25, 0.3) is 0 Å². The van der Waals surface area contributed by atoms with Crippen molar-refractivity contribution in [3.63, 3.8) is 0 Å². The molecule has 0 atom stereocenters. The van der Waals surface area contributed by atoms with E-state index in [2.05, 4.69) is 37.8 Å². The predicted octanol–water partition coefficient (Wildman–Crippen LogP) is 3.86. The van der Waals surface area contributed by atoms with Crippen molar-refractivity contribution >= 4 is 12.6 Å². The summed E-state index contributed by atoms with van der Waals surface area (Å²) in [6.07, 6.45) is 0. The Morgan fingerprint density at radius 2 is 1.81 bits per heavy atom. The van der Waals surface area contributed by atoms with Crippen LogP contribution in [0.5, 0.6) is 5.75 Å². The second-order valence-corrected chi connectivity index (χ2v) is 4.29. The number of rotatable bonds is 3. The Labute approximate surface area is 101 Å². The second kappa shape index (κ2) is 5.08. The highest BCUT2D eigenvalue weighted by molar-refractivity contribution is 7.80. The normalized spacial score (nSPS) is 10.1. The van der Waals surface area contributed by atoms with Gasteiger partial charge in [0.1, 0.15) is 12.4 Å². The highest BCUT2D eigenvalue weighted by Gasteiger charge is 1.96. The fourth-order valence-corrected chi connectivity index (χ4v) is 1.66. The first-order chi connectivity index (χ1) is 7.74. The highest BCUT2D eigenvalue weighted by Crippen LogP contribution is 2.16. The summed E-state index contributed by atoms with van der Waals surface area (Å²) in [6, 6.07) is 16.0. The monoisotopic (exact) mass is 230 g/mol. The molecule has 2 aromatic rings. The largest absolute Gasteiger partial charge is 0.489 e. The molecular formula is C14H14OS. The van der Waals surface area contributed by atoms with Crippen LogP contribution in [-0.4, -0.2) is 0 Å². The Balaban J connectivity index is 1.99. The van der Waals surface area contributed by atoms with Gasteiger partial charge < -0.3 is 4.74 Å². The predicted molar refractivity (Wildman–Crippen MR) is 69.2 cm³/mol. The molecule has 0 unspecified atom stereocenters. The molecule has 0 N–H and O–H groups in total. The molecule has 0 heterocycles. The molecule has 0 saturated heterocycles. The van der Waals surface area contributed by atoms with E-state index in [1.807, 2.05) is 30.3 Å². The molecule has 1 nitrogen and oxygen atoms in total. The average molecular weight is 230 g/mol. The summed E-state index contributed by atoms with van der Waals surface area (Å²) in [4.78, 5) is 0.947. The van der Waals surface area contributed by atoms with Crippen LogP contribution in [0.3, 0.4) is 0 Å². The van der Waals surface area contributed by atoms with E-state index in [-0.39, 0.29) is 0 Å². The van der Waals surface area contributed by atoms with Crippen LogP contribution in [-0.2, 0) is 6.61 Å². The quantitative estimate of drug-likeness (QED) is 0.788. The molecular weight excluding hydrogens is 216 g/mol. The third-order valence-electron chi connectivity index (χ3n) is 2.32. The Bertz CT molecular complexity index is 462. The number of thiol groups is 1. The van der Waals surface area contributed by atoms with Gasteiger partial charge in [0, 0.05) is 4.90 Å². The first kappa shape index (κ1) is 11.1. The van der Waals surface area contributed by atoms with E-state index in [0.717, 1.165) is 10.6 Å². The number of benzene rings is 2. The summed E-state index contributed by atoms with van der Waals surface area (Å²) in [5.74, 6) is 0.874. The van der Waals surface area contributed by atoms with Crippen molar-refractivity contribution in [3.8, 4) is 5.75 Å². The molecule has 16 heavy (non-hydrogen) atoms. The molecule has 0 aromatic heterocycles. The Hall–Kier alpha value is -1.41. The van der Waals surface area contributed by atoms with E-state index in [1.165, 1.54) is 11.1 Å². The van der Waals surface area contributed by atoms with Crippen molar-refractivity contribution in [2.75, 3.05) is 0 Å². The summed E-state index contributed by atoms with van der Waals surface area (Å²) >= 11 is 4.23. The number of hydrogen-bond donors (Lipinski definition) is 1. The zero-order chi connectivity index (χ0) is 11.4. The van der Waals surface area contributed by atoms with Crippen molar-refractivity contribution in [3.05, 3.63) is 59.7 Å². The van der Waals surface area contributed by atoms with Crippen molar-refractivity contribution < 1.29 is 4.74 Å². The minimum atomic E-state index is 0.605. The maximum atomic E-state index is 5.67. The van der Waals surface area contributed by atoms with Gasteiger partial charge in [0.2, 0.25) is 0 Å². The van der Waals surface area contributed by atoms with Gasteiger partial charge in [-0.2, -0.15) is 0 Å². The minimum Gasteiger partial charge on any atom is -0.489 e. The lowest BCUT2D eigenvalue weighted by Crippen LogP contribution is -1.95. The van der Waals surface area contributed by atoms with Crippen LogP contribution in [0, 0.1) is 6.92 Å². The summed E-state index contributed by atoms with van der Waals surface area (Å²) < 4.78 is 5.67. The standard InChI is InChI=1S/C14H14OS/c1-11-3-2-4-12(9-11)10-15-13-5-7-14(16)8-6-13/h2-9,16H,10H2,1H3. The van der Waals surface area contributed by atoms with Gasteiger partial charge in [-0.25, -0.2) is 0 Å². The zero-order valence-corrected chi connectivity index (χ0v) is 10.1. The number of hydrogen-bond acceptors (Lipinski definition) is 2. The molecule has 2 aromatic carbocycles. The second-order valence-electron chi connectivity index (χ2n) is 3.77. The van der Waals surface area contributed by atoms with E-state index in [1.54, 1.807) is 0 Å². The van der Waals surface area contributed by atoms with Crippen LogP contribution in [0.2, 0.25) is 0 Å². The van der Waals surface area contributed by atoms with Gasteiger partial charge in [-0.05, 0) is 36.8 Å². The SMILES string of the molecule is Cc1cccc(COc2ccc(S)cc2)c1. The van der Waals surface area contributed by atoms with Gasteiger partial charge in [-0.15, -0.1) is 12.6 Å². The maximum Gasteiger partial charge on any atom is 0.119 e. The summed E-state index contributed by atoms with van der Waals surface area (Å²) in [5, 5.41) is 0. The van der Waals surface area contributed by atoms with E-state index in [4.69, 9.17) is 4.74 Å². The number of ether oxygens (including phenoxy) is 1. The van der Waals surface area contributed by atoms with Gasteiger partial charge in [0.15, 0.2) is 0 Å². The highest BCUT2D eigenvalue weighted by atomic mass is 32.1. The van der Waals surface area contributed by atoms with Gasteiger partial charge in [-0.3, -0.25) is 0 Å². The summed E-state index contributed by atoms with van der Waals surface area (Å²) in [7, 11) is 0. The maximum absolute atomic E-state index is 5.67. The van der Waals surface area contributed by atoms with E-state index in [0.29, 0.717) is 6.61 Å². The first-order valence-electron chi connectivity index (χ1n) is 5.21. The molecule has 0 amide bonds. The molecule has 0 saturated carbocycles. The Morgan fingerprint density at radius 3 is 2.50 bits per heavy atom. The molecule has 82 valence electrons. The van der Waals surface area contributed by atoms with Crippen LogP contribution >= 0.6 is 12.6 Å². The number of aryl methyl sites for hydroxylation is 1. The molecule has 0 bridgehead atoms. The Morgan fingerprint density at radius 1 is 1.06 bits per heavy atom. The Kier molecular flexibility index (Phi) is 3.52. The van der Waals surface area contributed by atoms with Crippen LogP contribution < -0.4 is 4.74 Å². The average Bonchev–Trinajstić information content (AvgIpc) is 2.28. The van der Waals surface area contributed by atoms with Gasteiger partial charge >= 0.3 is 0 Å². The molecule has 0 aliphatic rings. The fourth-order valence-electron chi connectivity index (χ4n) is 1.51. The molecule has 0 aliphatic heterocycles. The van der Waals surface area contributed by atoms with Crippen molar-refractivity contribution in [2.45, 2.75) is 18.4 Å². The summed E-state index contributed by atoms with van der Waals surface area (Å²) in [6.45, 7) is 2.69. The molecule has 0 radical (unpaired) electrons. The van der Waals surface area contributed by atoms with E-state index in [9.17, 15) is 0 Å². The van der Waals surface area contributed by atoms with E-state index >= 15 is 0 Å². The summed E-state index contributed by atoms with van der Waals surface area (Å²) in [5.41, 5.74) is 2.45. The van der Waals surface area contributed by atoms with Crippen molar-refractivity contribution in [2.24, 2.45) is 0 Å².